The quantitative estimate of drug-likeness (QED) is 0.924. The number of rotatable bonds is 4. The minimum absolute atomic E-state index is 0.115. The molecule has 1 aromatic heterocycles. The van der Waals surface area contributed by atoms with Crippen LogP contribution in [-0.2, 0) is 4.79 Å². The Balaban J connectivity index is 1.96. The van der Waals surface area contributed by atoms with E-state index in [9.17, 15) is 4.79 Å². The van der Waals surface area contributed by atoms with Gasteiger partial charge in [0.25, 0.3) is 0 Å². The zero-order chi connectivity index (χ0) is 15.6. The van der Waals surface area contributed by atoms with E-state index in [4.69, 9.17) is 0 Å². The summed E-state index contributed by atoms with van der Waals surface area (Å²) in [6.07, 6.45) is 5.14. The predicted octanol–water partition coefficient (Wildman–Crippen LogP) is 3.41. The van der Waals surface area contributed by atoms with E-state index < -0.39 is 0 Å². The summed E-state index contributed by atoms with van der Waals surface area (Å²) < 4.78 is 0. The Morgan fingerprint density at radius 1 is 1.33 bits per heavy atom. The van der Waals surface area contributed by atoms with Crippen LogP contribution in [0.5, 0.6) is 0 Å². The molecular weight excluding hydrogens is 262 g/mol. The number of nitrogens with one attached hydrogen (secondary N) is 1. The van der Waals surface area contributed by atoms with Crippen LogP contribution in [0.1, 0.15) is 62.4 Å². The van der Waals surface area contributed by atoms with Gasteiger partial charge < -0.3 is 4.90 Å². The van der Waals surface area contributed by atoms with Crippen molar-refractivity contribution in [1.29, 1.82) is 0 Å². The monoisotopic (exact) mass is 291 g/mol. The number of aryl methyl sites for hydroxylation is 2. The lowest BCUT2D eigenvalue weighted by atomic mass is 9.82. The maximum absolute atomic E-state index is 12.7. The van der Waals surface area contributed by atoms with Gasteiger partial charge in [-0.05, 0) is 45.4 Å². The molecule has 0 spiro atoms. The molecule has 1 saturated carbocycles. The minimum atomic E-state index is -0.115. The van der Waals surface area contributed by atoms with Crippen LogP contribution in [0, 0.1) is 25.7 Å². The first-order valence-corrected chi connectivity index (χ1v) is 8.16. The highest BCUT2D eigenvalue weighted by Gasteiger charge is 2.26. The lowest BCUT2D eigenvalue weighted by molar-refractivity contribution is -0.131. The molecule has 1 heterocycles. The topological polar surface area (TPSA) is 49.0 Å². The number of aromatic amines is 1. The second kappa shape index (κ2) is 6.63. The summed E-state index contributed by atoms with van der Waals surface area (Å²) in [6.45, 7) is 9.17. The van der Waals surface area contributed by atoms with Gasteiger partial charge in [-0.15, -0.1) is 0 Å². The van der Waals surface area contributed by atoms with Crippen LogP contribution < -0.4 is 0 Å². The van der Waals surface area contributed by atoms with Gasteiger partial charge in [0.15, 0.2) is 0 Å². The van der Waals surface area contributed by atoms with Gasteiger partial charge in [-0.25, -0.2) is 0 Å². The molecule has 4 heteroatoms. The zero-order valence-electron chi connectivity index (χ0n) is 14.1. The van der Waals surface area contributed by atoms with Crippen LogP contribution in [0.25, 0.3) is 0 Å². The third-order valence-corrected chi connectivity index (χ3v) is 5.03. The van der Waals surface area contributed by atoms with Crippen molar-refractivity contribution < 1.29 is 4.79 Å². The molecule has 1 aliphatic rings. The van der Waals surface area contributed by atoms with Gasteiger partial charge in [-0.1, -0.05) is 19.8 Å². The molecule has 1 aromatic rings. The summed E-state index contributed by atoms with van der Waals surface area (Å²) in [6, 6.07) is 0. The number of likely N-dealkylation sites (N-methyl/N-ethyl adjacent to an activating group) is 1. The molecule has 4 nitrogen and oxygen atoms in total. The Labute approximate surface area is 128 Å². The van der Waals surface area contributed by atoms with Crippen molar-refractivity contribution in [3.05, 3.63) is 17.0 Å². The first-order chi connectivity index (χ1) is 9.90. The molecule has 1 fully saturated rings. The van der Waals surface area contributed by atoms with Crippen molar-refractivity contribution >= 4 is 5.91 Å². The van der Waals surface area contributed by atoms with E-state index in [0.717, 1.165) is 29.4 Å². The number of H-pyrrole nitrogens is 1. The largest absolute Gasteiger partial charge is 0.345 e. The average Bonchev–Trinajstić information content (AvgIpc) is 2.79. The molecule has 1 N–H and O–H groups in total. The van der Waals surface area contributed by atoms with Gasteiger partial charge in [0.1, 0.15) is 0 Å². The van der Waals surface area contributed by atoms with Crippen LogP contribution in [-0.4, -0.2) is 34.6 Å². The van der Waals surface area contributed by atoms with Crippen molar-refractivity contribution in [3.8, 4) is 0 Å². The fourth-order valence-corrected chi connectivity index (χ4v) is 3.64. The van der Waals surface area contributed by atoms with Crippen LogP contribution in [0.2, 0.25) is 0 Å². The van der Waals surface area contributed by atoms with E-state index in [1.54, 1.807) is 0 Å². The molecule has 0 saturated heterocycles. The molecular formula is C17H29N3O. The fraction of sp³-hybridized carbons (Fsp3) is 0.765. The smallest absolute Gasteiger partial charge is 0.229 e. The van der Waals surface area contributed by atoms with Crippen LogP contribution in [0.3, 0.4) is 0 Å². The second-order valence-electron chi connectivity index (χ2n) is 6.91. The van der Waals surface area contributed by atoms with E-state index in [-0.39, 0.29) is 11.8 Å². The molecule has 1 amide bonds. The number of carbonyl (C=O) groups excluding carboxylic acids is 1. The molecule has 2 rings (SSSR count). The van der Waals surface area contributed by atoms with E-state index >= 15 is 0 Å². The van der Waals surface area contributed by atoms with Crippen LogP contribution in [0.15, 0.2) is 0 Å². The van der Waals surface area contributed by atoms with E-state index in [2.05, 4.69) is 17.1 Å². The predicted molar refractivity (Wildman–Crippen MR) is 85.2 cm³/mol. The van der Waals surface area contributed by atoms with Crippen molar-refractivity contribution in [2.24, 2.45) is 11.8 Å². The molecule has 0 aliphatic heterocycles. The average molecular weight is 291 g/mol. The van der Waals surface area contributed by atoms with E-state index in [1.807, 2.05) is 32.7 Å². The van der Waals surface area contributed by atoms with Gasteiger partial charge in [0.05, 0.1) is 11.6 Å². The third kappa shape index (κ3) is 3.66. The molecule has 0 radical (unpaired) electrons. The summed E-state index contributed by atoms with van der Waals surface area (Å²) in [7, 11) is 1.95. The minimum Gasteiger partial charge on any atom is -0.345 e. The fourth-order valence-electron chi connectivity index (χ4n) is 3.64. The summed E-state index contributed by atoms with van der Waals surface area (Å²) in [5, 5.41) is 7.18. The van der Waals surface area contributed by atoms with Crippen molar-refractivity contribution in [2.45, 2.75) is 59.3 Å². The van der Waals surface area contributed by atoms with Gasteiger partial charge in [0.2, 0.25) is 5.91 Å². The van der Waals surface area contributed by atoms with Gasteiger partial charge >= 0.3 is 0 Å². The Morgan fingerprint density at radius 3 is 2.48 bits per heavy atom. The van der Waals surface area contributed by atoms with Crippen molar-refractivity contribution in [3.63, 3.8) is 0 Å². The lowest BCUT2D eigenvalue weighted by Gasteiger charge is -2.31. The number of nitrogens with zero attached hydrogens (tertiary/aromatic N) is 2. The van der Waals surface area contributed by atoms with Gasteiger partial charge in [-0.2, -0.15) is 5.10 Å². The van der Waals surface area contributed by atoms with E-state index in [0.29, 0.717) is 5.92 Å². The Hall–Kier alpha value is -1.32. The number of hydrogen-bond acceptors (Lipinski definition) is 2. The second-order valence-corrected chi connectivity index (χ2v) is 6.91. The SMILES string of the molecule is Cc1n[nH]c(C)c1[C@@H](C)C(=O)N(C)CC1CCC(C)CC1. The van der Waals surface area contributed by atoms with Crippen molar-refractivity contribution in [1.82, 2.24) is 15.1 Å². The number of carbonyl (C=O) groups is 1. The lowest BCUT2D eigenvalue weighted by Crippen LogP contribution is -2.36. The molecule has 1 aliphatic carbocycles. The normalized spacial score (nSPS) is 23.9. The Morgan fingerprint density at radius 2 is 1.95 bits per heavy atom. The number of hydrogen-bond donors (Lipinski definition) is 1. The first-order valence-electron chi connectivity index (χ1n) is 8.16. The molecule has 1 atom stereocenters. The van der Waals surface area contributed by atoms with Crippen LogP contribution >= 0.6 is 0 Å². The Kier molecular flexibility index (Phi) is 5.07. The number of aromatic nitrogens is 2. The van der Waals surface area contributed by atoms with E-state index in [1.165, 1.54) is 25.7 Å². The molecule has 21 heavy (non-hydrogen) atoms. The first kappa shape index (κ1) is 16.1. The molecule has 0 aromatic carbocycles. The van der Waals surface area contributed by atoms with Crippen molar-refractivity contribution in [2.75, 3.05) is 13.6 Å². The summed E-state index contributed by atoms with van der Waals surface area (Å²) in [5.74, 6) is 1.63. The summed E-state index contributed by atoms with van der Waals surface area (Å²) in [4.78, 5) is 14.6. The van der Waals surface area contributed by atoms with Gasteiger partial charge in [0, 0.05) is 24.8 Å². The standard InChI is InChI=1S/C17H29N3O/c1-11-6-8-15(9-7-11)10-20(5)17(21)12(2)16-13(3)18-19-14(16)4/h11-12,15H,6-10H2,1-5H3,(H,18,19)/t11?,12-,15?/m1/s1. The molecule has 118 valence electrons. The maximum Gasteiger partial charge on any atom is 0.229 e. The highest BCUT2D eigenvalue weighted by atomic mass is 16.2. The zero-order valence-corrected chi connectivity index (χ0v) is 14.1. The Bertz CT molecular complexity index is 467. The summed E-state index contributed by atoms with van der Waals surface area (Å²) >= 11 is 0. The third-order valence-electron chi connectivity index (χ3n) is 5.03. The highest BCUT2D eigenvalue weighted by Crippen LogP contribution is 2.29. The maximum atomic E-state index is 12.7. The highest BCUT2D eigenvalue weighted by molar-refractivity contribution is 5.83. The molecule has 0 unspecified atom stereocenters. The van der Waals surface area contributed by atoms with Crippen LogP contribution in [0.4, 0.5) is 0 Å². The van der Waals surface area contributed by atoms with Gasteiger partial charge in [-0.3, -0.25) is 9.89 Å². The molecule has 0 bridgehead atoms. The number of amides is 1. The summed E-state index contributed by atoms with van der Waals surface area (Å²) in [5.41, 5.74) is 3.01.